The highest BCUT2D eigenvalue weighted by molar-refractivity contribution is 6.20. The van der Waals surface area contributed by atoms with E-state index in [1.54, 1.807) is 0 Å². The number of furan rings is 1. The van der Waals surface area contributed by atoms with Crippen molar-refractivity contribution >= 4 is 87.4 Å². The molecule has 0 spiro atoms. The van der Waals surface area contributed by atoms with Crippen molar-refractivity contribution in [3.8, 4) is 73.5 Å². The van der Waals surface area contributed by atoms with Gasteiger partial charge in [0.2, 0.25) is 5.95 Å². The lowest BCUT2D eigenvalue weighted by Crippen LogP contribution is -2.14. The summed E-state index contributed by atoms with van der Waals surface area (Å²) < 4.78 is 13.7. The zero-order valence-electron chi connectivity index (χ0n) is 46.5. The minimum absolute atomic E-state index is 0.115. The molecule has 85 heavy (non-hydrogen) atoms. The molecule has 398 valence electrons. The minimum Gasteiger partial charge on any atom is -0.456 e. The third kappa shape index (κ3) is 7.11. The van der Waals surface area contributed by atoms with Crippen molar-refractivity contribution in [3.05, 3.63) is 278 Å². The van der Waals surface area contributed by atoms with Crippen LogP contribution in [0.3, 0.4) is 0 Å². The number of nitrogens with zero attached hydrogens (tertiary/aromatic N) is 6. The Morgan fingerprint density at radius 2 is 0.718 bits per heavy atom. The summed E-state index contributed by atoms with van der Waals surface area (Å²) in [6.45, 7) is 4.68. The first-order valence-corrected chi connectivity index (χ1v) is 29.1. The largest absolute Gasteiger partial charge is 0.456 e. The number of para-hydroxylation sites is 3. The average molecular weight is 1090 g/mol. The third-order valence-corrected chi connectivity index (χ3v) is 18.1. The van der Waals surface area contributed by atoms with E-state index in [1.807, 2.05) is 36.4 Å². The predicted molar refractivity (Wildman–Crippen MR) is 349 cm³/mol. The molecule has 5 heterocycles. The van der Waals surface area contributed by atoms with Crippen LogP contribution in [0.2, 0.25) is 0 Å². The Labute approximate surface area is 488 Å². The summed E-state index contributed by atoms with van der Waals surface area (Å²) in [6.07, 6.45) is 0. The van der Waals surface area contributed by atoms with Crippen LogP contribution in [0.25, 0.3) is 161 Å². The Hall–Kier alpha value is -11.2. The molecule has 0 saturated carbocycles. The summed E-state index contributed by atoms with van der Waals surface area (Å²) >= 11 is 0. The van der Waals surface area contributed by atoms with Crippen LogP contribution in [-0.2, 0) is 5.41 Å². The van der Waals surface area contributed by atoms with Gasteiger partial charge in [-0.2, -0.15) is 9.97 Å². The third-order valence-electron chi connectivity index (χ3n) is 18.1. The standard InChI is InChI=1S/C78H50N6O/c1-78(2)65-29-17-15-27-55(65)57-46-74-64(43-66(57)78)63-42-52(34-38-73(63)85-74)51-32-36-69-59(40-51)58-39-49(31-35-68(58)82(69)53-23-11-5-12-24-53)50-33-37-70-60(41-50)62-45-71-61(56-28-16-18-30-67(56)83(71)54-25-13-6-14-26-54)44-72(62)84(70)77-80-75(47-19-7-3-8-20-47)79-76(81-77)48-21-9-4-10-22-48/h3-46H,1-2H3. The molecule has 0 saturated heterocycles. The van der Waals surface area contributed by atoms with Crippen LogP contribution < -0.4 is 0 Å². The highest BCUT2D eigenvalue weighted by Crippen LogP contribution is 2.51. The Morgan fingerprint density at radius 1 is 0.282 bits per heavy atom. The van der Waals surface area contributed by atoms with Crippen LogP contribution in [0.5, 0.6) is 0 Å². The molecule has 0 amide bonds. The molecular formula is C78H50N6O. The molecule has 7 nitrogen and oxygen atoms in total. The number of aromatic nitrogens is 6. The van der Waals surface area contributed by atoms with Gasteiger partial charge in [-0.1, -0.05) is 178 Å². The molecule has 18 rings (SSSR count). The van der Waals surface area contributed by atoms with Gasteiger partial charge in [0.25, 0.3) is 0 Å². The zero-order valence-corrected chi connectivity index (χ0v) is 46.5. The summed E-state index contributed by atoms with van der Waals surface area (Å²) in [6, 6.07) is 96.3. The van der Waals surface area contributed by atoms with E-state index in [1.165, 1.54) is 38.4 Å². The maximum Gasteiger partial charge on any atom is 0.238 e. The molecule has 0 atom stereocenters. The molecule has 1 aliphatic rings. The van der Waals surface area contributed by atoms with Crippen LogP contribution in [0, 0.1) is 0 Å². The van der Waals surface area contributed by atoms with Crippen molar-refractivity contribution < 1.29 is 4.42 Å². The van der Waals surface area contributed by atoms with Gasteiger partial charge in [0.05, 0.1) is 33.1 Å². The second kappa shape index (κ2) is 17.9. The summed E-state index contributed by atoms with van der Waals surface area (Å²) in [4.78, 5) is 15.8. The minimum atomic E-state index is -0.115. The molecule has 5 aromatic heterocycles. The summed E-state index contributed by atoms with van der Waals surface area (Å²) in [5, 5.41) is 9.14. The Balaban J connectivity index is 0.845. The molecule has 0 fully saturated rings. The monoisotopic (exact) mass is 1090 g/mol. The molecule has 7 heteroatoms. The first kappa shape index (κ1) is 47.5. The van der Waals surface area contributed by atoms with Crippen LogP contribution in [0.15, 0.2) is 271 Å². The van der Waals surface area contributed by atoms with Gasteiger partial charge in [0, 0.05) is 71.0 Å². The van der Waals surface area contributed by atoms with Gasteiger partial charge < -0.3 is 13.6 Å². The van der Waals surface area contributed by atoms with Gasteiger partial charge in [0.1, 0.15) is 11.2 Å². The van der Waals surface area contributed by atoms with E-state index < -0.39 is 0 Å². The van der Waals surface area contributed by atoms with E-state index in [2.05, 4.69) is 258 Å². The molecule has 0 unspecified atom stereocenters. The zero-order chi connectivity index (χ0) is 56.1. The molecular weight excluding hydrogens is 1040 g/mol. The number of benzene rings is 12. The fourth-order valence-corrected chi connectivity index (χ4v) is 14.0. The van der Waals surface area contributed by atoms with Crippen molar-refractivity contribution in [1.82, 2.24) is 28.7 Å². The summed E-state index contributed by atoms with van der Waals surface area (Å²) in [5.74, 6) is 1.77. The van der Waals surface area contributed by atoms with Crippen molar-refractivity contribution in [3.63, 3.8) is 0 Å². The SMILES string of the molecule is CC1(C)c2ccccc2-c2cc3oc4ccc(-c5ccc6c(c5)c5cc(-c7ccc8c(c7)c7cc9c(cc7n8-c7nc(-c8ccccc8)nc(-c8ccccc8)n7)c7ccccc7n9-c7ccccc7)ccc5n6-c5ccccc5)cc4c3cc21. The van der Waals surface area contributed by atoms with E-state index in [0.29, 0.717) is 17.6 Å². The van der Waals surface area contributed by atoms with Gasteiger partial charge >= 0.3 is 0 Å². The number of rotatable bonds is 7. The van der Waals surface area contributed by atoms with Crippen molar-refractivity contribution in [1.29, 1.82) is 0 Å². The Kier molecular flexibility index (Phi) is 10.0. The van der Waals surface area contributed by atoms with Crippen LogP contribution >= 0.6 is 0 Å². The van der Waals surface area contributed by atoms with Crippen molar-refractivity contribution in [2.75, 3.05) is 0 Å². The van der Waals surface area contributed by atoms with Gasteiger partial charge in [-0.3, -0.25) is 4.57 Å². The lowest BCUT2D eigenvalue weighted by Gasteiger charge is -2.21. The molecule has 0 N–H and O–H groups in total. The molecule has 0 aliphatic heterocycles. The fraction of sp³-hybridized carbons (Fsp3) is 0.0385. The topological polar surface area (TPSA) is 66.6 Å². The maximum absolute atomic E-state index is 6.64. The molecule has 0 bridgehead atoms. The first-order valence-electron chi connectivity index (χ1n) is 29.1. The number of hydrogen-bond acceptors (Lipinski definition) is 4. The van der Waals surface area contributed by atoms with E-state index in [9.17, 15) is 0 Å². The predicted octanol–water partition coefficient (Wildman–Crippen LogP) is 20.0. The number of fused-ring (bicyclic) bond motifs is 15. The van der Waals surface area contributed by atoms with Crippen LogP contribution in [-0.4, -0.2) is 28.7 Å². The fourth-order valence-electron chi connectivity index (χ4n) is 14.0. The normalized spacial score (nSPS) is 12.9. The molecule has 0 radical (unpaired) electrons. The second-order valence-corrected chi connectivity index (χ2v) is 23.2. The smallest absolute Gasteiger partial charge is 0.238 e. The summed E-state index contributed by atoms with van der Waals surface area (Å²) in [7, 11) is 0. The van der Waals surface area contributed by atoms with Crippen molar-refractivity contribution in [2.45, 2.75) is 19.3 Å². The molecule has 17 aromatic rings. The Bertz CT molecular complexity index is 5560. The number of hydrogen-bond donors (Lipinski definition) is 0. The van der Waals surface area contributed by atoms with Crippen LogP contribution in [0.1, 0.15) is 25.0 Å². The van der Waals surface area contributed by atoms with Gasteiger partial charge in [-0.25, -0.2) is 4.98 Å². The van der Waals surface area contributed by atoms with E-state index >= 15 is 0 Å². The lowest BCUT2D eigenvalue weighted by atomic mass is 9.82. The maximum atomic E-state index is 6.64. The highest BCUT2D eigenvalue weighted by atomic mass is 16.3. The first-order chi connectivity index (χ1) is 41.9. The molecule has 12 aromatic carbocycles. The van der Waals surface area contributed by atoms with E-state index in [0.717, 1.165) is 116 Å². The van der Waals surface area contributed by atoms with E-state index in [-0.39, 0.29) is 5.41 Å². The molecule has 1 aliphatic carbocycles. The summed E-state index contributed by atoms with van der Waals surface area (Å²) in [5.41, 5.74) is 22.1. The lowest BCUT2D eigenvalue weighted by molar-refractivity contribution is 0.658. The highest BCUT2D eigenvalue weighted by Gasteiger charge is 2.36. The second-order valence-electron chi connectivity index (χ2n) is 23.2. The van der Waals surface area contributed by atoms with Crippen LogP contribution in [0.4, 0.5) is 0 Å². The van der Waals surface area contributed by atoms with Crippen molar-refractivity contribution in [2.24, 2.45) is 0 Å². The average Bonchev–Trinajstić information content (AvgIpc) is 2.49. The van der Waals surface area contributed by atoms with Gasteiger partial charge in [-0.15, -0.1) is 0 Å². The quantitative estimate of drug-likeness (QED) is 0.159. The Morgan fingerprint density at radius 3 is 1.32 bits per heavy atom. The van der Waals surface area contributed by atoms with Gasteiger partial charge in [0.15, 0.2) is 11.6 Å². The van der Waals surface area contributed by atoms with E-state index in [4.69, 9.17) is 19.4 Å². The van der Waals surface area contributed by atoms with Gasteiger partial charge in [-0.05, 0) is 148 Å².